The minimum Gasteiger partial charge on any atom is -0.303 e. The topological polar surface area (TPSA) is 45.8 Å². The van der Waals surface area contributed by atoms with Crippen molar-refractivity contribution in [2.75, 3.05) is 0 Å². The van der Waals surface area contributed by atoms with E-state index in [4.69, 9.17) is 0 Å². The molecule has 2 rings (SSSR count). The summed E-state index contributed by atoms with van der Waals surface area (Å²) in [6.45, 7) is 0. The Morgan fingerprint density at radius 3 is 3.23 bits per heavy atom. The molecule has 0 bridgehead atoms. The summed E-state index contributed by atoms with van der Waals surface area (Å²) in [5.41, 5.74) is 2.20. The molecule has 1 heterocycles. The molecular formula is C10H10N2O. The van der Waals surface area contributed by atoms with Crippen LogP contribution in [0.3, 0.4) is 0 Å². The lowest BCUT2D eigenvalue weighted by Gasteiger charge is -1.96. The van der Waals surface area contributed by atoms with Crippen LogP contribution in [0.1, 0.15) is 12.0 Å². The highest BCUT2D eigenvalue weighted by molar-refractivity contribution is 5.78. The van der Waals surface area contributed by atoms with Crippen LogP contribution in [0.15, 0.2) is 24.4 Å². The number of aldehydes is 1. The summed E-state index contributed by atoms with van der Waals surface area (Å²) in [6.07, 6.45) is 4.12. The maximum Gasteiger partial charge on any atom is 0.120 e. The number of hydrogen-bond donors (Lipinski definition) is 1. The van der Waals surface area contributed by atoms with Crippen LogP contribution in [-0.2, 0) is 11.2 Å². The van der Waals surface area contributed by atoms with E-state index in [9.17, 15) is 4.79 Å². The molecule has 0 unspecified atom stereocenters. The van der Waals surface area contributed by atoms with Gasteiger partial charge in [-0.05, 0) is 18.1 Å². The van der Waals surface area contributed by atoms with Crippen LogP contribution in [0.25, 0.3) is 10.9 Å². The monoisotopic (exact) mass is 174 g/mol. The highest BCUT2D eigenvalue weighted by Crippen LogP contribution is 2.13. The van der Waals surface area contributed by atoms with Crippen molar-refractivity contribution in [3.8, 4) is 0 Å². The Morgan fingerprint density at radius 1 is 1.46 bits per heavy atom. The molecule has 3 heteroatoms. The molecule has 0 fully saturated rings. The number of aromatic nitrogens is 2. The van der Waals surface area contributed by atoms with Crippen molar-refractivity contribution in [3.05, 3.63) is 30.0 Å². The highest BCUT2D eigenvalue weighted by atomic mass is 16.1. The molecular weight excluding hydrogens is 164 g/mol. The number of aromatic amines is 1. The van der Waals surface area contributed by atoms with Crippen LogP contribution in [-0.4, -0.2) is 16.5 Å². The third-order valence-electron chi connectivity index (χ3n) is 2.06. The summed E-state index contributed by atoms with van der Waals surface area (Å²) < 4.78 is 0. The van der Waals surface area contributed by atoms with Gasteiger partial charge in [-0.25, -0.2) is 0 Å². The molecule has 0 saturated carbocycles. The minimum atomic E-state index is 0.583. The average Bonchev–Trinajstić information content (AvgIpc) is 2.61. The molecule has 3 nitrogen and oxygen atoms in total. The maximum atomic E-state index is 10.2. The predicted octanol–water partition coefficient (Wildman–Crippen LogP) is 1.69. The van der Waals surface area contributed by atoms with Gasteiger partial charge in [0.25, 0.3) is 0 Å². The Hall–Kier alpha value is -1.64. The molecule has 13 heavy (non-hydrogen) atoms. The third kappa shape index (κ3) is 1.59. The summed E-state index contributed by atoms with van der Waals surface area (Å²) in [5, 5.41) is 7.93. The van der Waals surface area contributed by atoms with Gasteiger partial charge in [-0.15, -0.1) is 0 Å². The summed E-state index contributed by atoms with van der Waals surface area (Å²) in [5.74, 6) is 0. The number of benzene rings is 1. The van der Waals surface area contributed by atoms with E-state index in [1.54, 1.807) is 6.20 Å². The number of H-pyrrole nitrogens is 1. The van der Waals surface area contributed by atoms with Crippen LogP contribution in [0.2, 0.25) is 0 Å². The second-order valence-corrected chi connectivity index (χ2v) is 3.00. The van der Waals surface area contributed by atoms with Gasteiger partial charge in [-0.3, -0.25) is 5.10 Å². The number of nitrogens with zero attached hydrogens (tertiary/aromatic N) is 1. The van der Waals surface area contributed by atoms with Gasteiger partial charge in [0.1, 0.15) is 6.29 Å². The lowest BCUT2D eigenvalue weighted by atomic mass is 10.1. The second-order valence-electron chi connectivity index (χ2n) is 3.00. The first kappa shape index (κ1) is 7.98. The van der Waals surface area contributed by atoms with Gasteiger partial charge >= 0.3 is 0 Å². The molecule has 1 N–H and O–H groups in total. The molecule has 66 valence electrons. The molecule has 0 amide bonds. The Kier molecular flexibility index (Phi) is 2.08. The first-order chi connectivity index (χ1) is 6.40. The molecule has 1 aromatic heterocycles. The van der Waals surface area contributed by atoms with E-state index in [0.29, 0.717) is 6.42 Å². The van der Waals surface area contributed by atoms with Crippen LogP contribution in [0.4, 0.5) is 0 Å². The smallest absolute Gasteiger partial charge is 0.120 e. The second kappa shape index (κ2) is 3.39. The van der Waals surface area contributed by atoms with Crippen molar-refractivity contribution in [3.63, 3.8) is 0 Å². The van der Waals surface area contributed by atoms with E-state index in [1.165, 1.54) is 5.56 Å². The van der Waals surface area contributed by atoms with Gasteiger partial charge in [0.05, 0.1) is 11.7 Å². The molecule has 0 atom stereocenters. The first-order valence-corrected chi connectivity index (χ1v) is 4.26. The average molecular weight is 174 g/mol. The molecule has 0 spiro atoms. The lowest BCUT2D eigenvalue weighted by molar-refractivity contribution is -0.107. The van der Waals surface area contributed by atoms with Crippen molar-refractivity contribution in [1.29, 1.82) is 0 Å². The fourth-order valence-corrected chi connectivity index (χ4v) is 1.37. The zero-order chi connectivity index (χ0) is 9.10. The Bertz CT molecular complexity index is 420. The SMILES string of the molecule is O=CCCc1ccc2cn[nH]c2c1. The minimum absolute atomic E-state index is 0.583. The van der Waals surface area contributed by atoms with E-state index in [0.717, 1.165) is 23.6 Å². The largest absolute Gasteiger partial charge is 0.303 e. The Labute approximate surface area is 75.8 Å². The Morgan fingerprint density at radius 2 is 2.38 bits per heavy atom. The van der Waals surface area contributed by atoms with E-state index in [1.807, 2.05) is 18.2 Å². The lowest BCUT2D eigenvalue weighted by Crippen LogP contribution is -1.85. The van der Waals surface area contributed by atoms with Crippen molar-refractivity contribution in [1.82, 2.24) is 10.2 Å². The van der Waals surface area contributed by atoms with E-state index >= 15 is 0 Å². The highest BCUT2D eigenvalue weighted by Gasteiger charge is 1.97. The number of rotatable bonds is 3. The number of carbonyl (C=O) groups excluding carboxylic acids is 1. The summed E-state index contributed by atoms with van der Waals surface area (Å²) in [4.78, 5) is 10.2. The zero-order valence-corrected chi connectivity index (χ0v) is 7.16. The zero-order valence-electron chi connectivity index (χ0n) is 7.16. The molecule has 0 aliphatic rings. The maximum absolute atomic E-state index is 10.2. The van der Waals surface area contributed by atoms with Crippen molar-refractivity contribution in [2.24, 2.45) is 0 Å². The van der Waals surface area contributed by atoms with Crippen LogP contribution >= 0.6 is 0 Å². The van der Waals surface area contributed by atoms with Crippen molar-refractivity contribution in [2.45, 2.75) is 12.8 Å². The first-order valence-electron chi connectivity index (χ1n) is 4.26. The molecule has 2 aromatic rings. The van der Waals surface area contributed by atoms with Gasteiger partial charge in [0, 0.05) is 11.8 Å². The van der Waals surface area contributed by atoms with Gasteiger partial charge < -0.3 is 4.79 Å². The predicted molar refractivity (Wildman–Crippen MR) is 50.5 cm³/mol. The standard InChI is InChI=1S/C10H10N2O/c13-5-1-2-8-3-4-9-7-11-12-10(9)6-8/h3-7H,1-2H2,(H,11,12). The van der Waals surface area contributed by atoms with E-state index in [-0.39, 0.29) is 0 Å². The molecule has 0 radical (unpaired) electrons. The van der Waals surface area contributed by atoms with Crippen LogP contribution in [0, 0.1) is 0 Å². The number of hydrogen-bond acceptors (Lipinski definition) is 2. The van der Waals surface area contributed by atoms with E-state index < -0.39 is 0 Å². The van der Waals surface area contributed by atoms with E-state index in [2.05, 4.69) is 10.2 Å². The molecule has 1 aromatic carbocycles. The number of fused-ring (bicyclic) bond motifs is 1. The molecule has 0 aliphatic heterocycles. The fraction of sp³-hybridized carbons (Fsp3) is 0.200. The van der Waals surface area contributed by atoms with Gasteiger partial charge in [0.15, 0.2) is 0 Å². The van der Waals surface area contributed by atoms with Gasteiger partial charge in [-0.1, -0.05) is 12.1 Å². The van der Waals surface area contributed by atoms with Crippen molar-refractivity contribution < 1.29 is 4.79 Å². The summed E-state index contributed by atoms with van der Waals surface area (Å²) in [6, 6.07) is 6.08. The van der Waals surface area contributed by atoms with Gasteiger partial charge in [0.2, 0.25) is 0 Å². The van der Waals surface area contributed by atoms with Gasteiger partial charge in [-0.2, -0.15) is 5.10 Å². The molecule has 0 saturated heterocycles. The van der Waals surface area contributed by atoms with Crippen molar-refractivity contribution >= 4 is 17.2 Å². The normalized spacial score (nSPS) is 10.5. The third-order valence-corrected chi connectivity index (χ3v) is 2.06. The fourth-order valence-electron chi connectivity index (χ4n) is 1.37. The molecule has 0 aliphatic carbocycles. The number of nitrogens with one attached hydrogen (secondary N) is 1. The number of carbonyl (C=O) groups is 1. The Balaban J connectivity index is 2.31. The van der Waals surface area contributed by atoms with Crippen LogP contribution < -0.4 is 0 Å². The summed E-state index contributed by atoms with van der Waals surface area (Å²) >= 11 is 0. The summed E-state index contributed by atoms with van der Waals surface area (Å²) in [7, 11) is 0. The quantitative estimate of drug-likeness (QED) is 0.720. The number of aryl methyl sites for hydroxylation is 1. The van der Waals surface area contributed by atoms with Crippen LogP contribution in [0.5, 0.6) is 0 Å².